The van der Waals surface area contributed by atoms with Crippen molar-refractivity contribution in [2.75, 3.05) is 19.6 Å². The highest BCUT2D eigenvalue weighted by Crippen LogP contribution is 2.35. The van der Waals surface area contributed by atoms with Gasteiger partial charge in [-0.1, -0.05) is 19.3 Å². The van der Waals surface area contributed by atoms with Crippen LogP contribution in [-0.2, 0) is 0 Å². The predicted octanol–water partition coefficient (Wildman–Crippen LogP) is 1.47. The summed E-state index contributed by atoms with van der Waals surface area (Å²) in [7, 11) is 0. The van der Waals surface area contributed by atoms with Gasteiger partial charge in [0.15, 0.2) is 0 Å². The first-order valence-electron chi connectivity index (χ1n) is 7.09. The standard InChI is InChI=1S/C13H23N3O/c17-12(15-11-4-5-11)16-9-8-14-10-13(16)6-2-1-3-7-13/h11,14H,1-10H2,(H,15,17). The second-order valence-electron chi connectivity index (χ2n) is 5.84. The van der Waals surface area contributed by atoms with Crippen LogP contribution in [0.3, 0.4) is 0 Å². The number of hydrogen-bond donors (Lipinski definition) is 2. The van der Waals surface area contributed by atoms with E-state index in [-0.39, 0.29) is 11.6 Å². The van der Waals surface area contributed by atoms with Gasteiger partial charge in [-0.2, -0.15) is 0 Å². The van der Waals surface area contributed by atoms with E-state index >= 15 is 0 Å². The predicted molar refractivity (Wildman–Crippen MR) is 66.9 cm³/mol. The summed E-state index contributed by atoms with van der Waals surface area (Å²) in [6.07, 6.45) is 8.58. The number of amides is 2. The highest BCUT2D eigenvalue weighted by Gasteiger charge is 2.43. The molecule has 0 aromatic rings. The molecule has 2 aliphatic carbocycles. The average Bonchev–Trinajstić information content (AvgIpc) is 3.14. The molecule has 0 aromatic heterocycles. The lowest BCUT2D eigenvalue weighted by Crippen LogP contribution is -2.65. The number of carbonyl (C=O) groups is 1. The maximum Gasteiger partial charge on any atom is 0.318 e. The van der Waals surface area contributed by atoms with Gasteiger partial charge in [-0.3, -0.25) is 0 Å². The van der Waals surface area contributed by atoms with E-state index in [1.165, 1.54) is 44.9 Å². The van der Waals surface area contributed by atoms with Gasteiger partial charge in [-0.05, 0) is 25.7 Å². The van der Waals surface area contributed by atoms with Gasteiger partial charge in [0, 0.05) is 25.7 Å². The molecule has 1 spiro atoms. The maximum absolute atomic E-state index is 12.3. The average molecular weight is 237 g/mol. The number of rotatable bonds is 1. The van der Waals surface area contributed by atoms with Gasteiger partial charge in [0.05, 0.1) is 5.54 Å². The van der Waals surface area contributed by atoms with Crippen LogP contribution in [0.2, 0.25) is 0 Å². The van der Waals surface area contributed by atoms with Gasteiger partial charge in [0.1, 0.15) is 0 Å². The molecule has 1 saturated heterocycles. The van der Waals surface area contributed by atoms with Gasteiger partial charge in [0.25, 0.3) is 0 Å². The zero-order chi connectivity index (χ0) is 11.7. The van der Waals surface area contributed by atoms with Crippen LogP contribution in [0.25, 0.3) is 0 Å². The fourth-order valence-corrected chi connectivity index (χ4v) is 3.30. The van der Waals surface area contributed by atoms with Crippen LogP contribution in [0.15, 0.2) is 0 Å². The van der Waals surface area contributed by atoms with Gasteiger partial charge >= 0.3 is 6.03 Å². The smallest absolute Gasteiger partial charge is 0.318 e. The Bertz CT molecular complexity index is 287. The summed E-state index contributed by atoms with van der Waals surface area (Å²) >= 11 is 0. The molecular formula is C13H23N3O. The van der Waals surface area contributed by atoms with Crippen LogP contribution in [0, 0.1) is 0 Å². The van der Waals surface area contributed by atoms with Gasteiger partial charge in [-0.25, -0.2) is 4.79 Å². The molecule has 0 atom stereocenters. The van der Waals surface area contributed by atoms with E-state index in [1.54, 1.807) is 0 Å². The molecule has 3 aliphatic rings. The number of nitrogens with one attached hydrogen (secondary N) is 2. The molecular weight excluding hydrogens is 214 g/mol. The molecule has 3 fully saturated rings. The van der Waals surface area contributed by atoms with E-state index in [1.807, 2.05) is 0 Å². The summed E-state index contributed by atoms with van der Waals surface area (Å²) in [5.74, 6) is 0. The van der Waals surface area contributed by atoms with E-state index in [0.29, 0.717) is 6.04 Å². The Morgan fingerprint density at radius 2 is 2.00 bits per heavy atom. The maximum atomic E-state index is 12.3. The van der Waals surface area contributed by atoms with Crippen molar-refractivity contribution in [1.82, 2.24) is 15.5 Å². The molecule has 0 bridgehead atoms. The summed E-state index contributed by atoms with van der Waals surface area (Å²) in [5.41, 5.74) is 0.121. The number of hydrogen-bond acceptors (Lipinski definition) is 2. The third-order valence-corrected chi connectivity index (χ3v) is 4.47. The molecule has 96 valence electrons. The molecule has 0 radical (unpaired) electrons. The topological polar surface area (TPSA) is 44.4 Å². The van der Waals surface area contributed by atoms with Crippen LogP contribution >= 0.6 is 0 Å². The molecule has 0 aromatic carbocycles. The van der Waals surface area contributed by atoms with E-state index in [4.69, 9.17) is 0 Å². The third-order valence-electron chi connectivity index (χ3n) is 4.47. The van der Waals surface area contributed by atoms with E-state index < -0.39 is 0 Å². The fraction of sp³-hybridized carbons (Fsp3) is 0.923. The Hall–Kier alpha value is -0.770. The lowest BCUT2D eigenvalue weighted by Gasteiger charge is -2.49. The second-order valence-corrected chi connectivity index (χ2v) is 5.84. The Balaban J connectivity index is 1.71. The zero-order valence-corrected chi connectivity index (χ0v) is 10.5. The number of carbonyl (C=O) groups excluding carboxylic acids is 1. The SMILES string of the molecule is O=C(NC1CC1)N1CCNCC12CCCCC2. The highest BCUT2D eigenvalue weighted by molar-refractivity contribution is 5.76. The summed E-state index contributed by atoms with van der Waals surface area (Å²) in [6, 6.07) is 0.661. The molecule has 17 heavy (non-hydrogen) atoms. The normalized spacial score (nSPS) is 28.1. The van der Waals surface area contributed by atoms with Gasteiger partial charge in [0.2, 0.25) is 0 Å². The summed E-state index contributed by atoms with van der Waals surface area (Å²) in [6.45, 7) is 2.81. The van der Waals surface area contributed by atoms with Crippen LogP contribution in [0.4, 0.5) is 4.79 Å². The van der Waals surface area contributed by atoms with Crippen molar-refractivity contribution in [3.63, 3.8) is 0 Å². The lowest BCUT2D eigenvalue weighted by atomic mass is 9.79. The minimum Gasteiger partial charge on any atom is -0.335 e. The second kappa shape index (κ2) is 4.48. The molecule has 2 saturated carbocycles. The minimum atomic E-state index is 0.121. The molecule has 1 aliphatic heterocycles. The number of urea groups is 1. The van der Waals surface area contributed by atoms with Gasteiger partial charge in [-0.15, -0.1) is 0 Å². The fourth-order valence-electron chi connectivity index (χ4n) is 3.30. The molecule has 2 N–H and O–H groups in total. The van der Waals surface area contributed by atoms with Crippen molar-refractivity contribution in [3.8, 4) is 0 Å². The van der Waals surface area contributed by atoms with Crippen LogP contribution in [0.5, 0.6) is 0 Å². The molecule has 0 unspecified atom stereocenters. The first-order valence-corrected chi connectivity index (χ1v) is 7.09. The lowest BCUT2D eigenvalue weighted by molar-refractivity contribution is 0.0568. The Kier molecular flexibility index (Phi) is 2.99. The van der Waals surface area contributed by atoms with E-state index in [0.717, 1.165) is 19.6 Å². The quantitative estimate of drug-likeness (QED) is 0.725. The van der Waals surface area contributed by atoms with E-state index in [2.05, 4.69) is 15.5 Å². The molecule has 2 amide bonds. The van der Waals surface area contributed by atoms with Crippen LogP contribution in [0.1, 0.15) is 44.9 Å². The Labute approximate surface area is 103 Å². The molecule has 4 heteroatoms. The Morgan fingerprint density at radius 3 is 2.71 bits per heavy atom. The largest absolute Gasteiger partial charge is 0.335 e. The van der Waals surface area contributed by atoms with Crippen LogP contribution in [-0.4, -0.2) is 42.1 Å². The van der Waals surface area contributed by atoms with Crippen molar-refractivity contribution in [1.29, 1.82) is 0 Å². The van der Waals surface area contributed by atoms with Crippen molar-refractivity contribution in [2.45, 2.75) is 56.5 Å². The molecule has 1 heterocycles. The van der Waals surface area contributed by atoms with Gasteiger partial charge < -0.3 is 15.5 Å². The number of piperazine rings is 1. The van der Waals surface area contributed by atoms with Crippen molar-refractivity contribution < 1.29 is 4.79 Å². The first kappa shape index (κ1) is 11.3. The highest BCUT2D eigenvalue weighted by atomic mass is 16.2. The Morgan fingerprint density at radius 1 is 1.24 bits per heavy atom. The number of nitrogens with zero attached hydrogens (tertiary/aromatic N) is 1. The van der Waals surface area contributed by atoms with E-state index in [9.17, 15) is 4.79 Å². The molecule has 4 nitrogen and oxygen atoms in total. The summed E-state index contributed by atoms with van der Waals surface area (Å²) < 4.78 is 0. The summed E-state index contributed by atoms with van der Waals surface area (Å²) in [5, 5.41) is 6.63. The zero-order valence-electron chi connectivity index (χ0n) is 10.5. The summed E-state index contributed by atoms with van der Waals surface area (Å²) in [4.78, 5) is 14.4. The first-order chi connectivity index (χ1) is 8.30. The van der Waals surface area contributed by atoms with Crippen molar-refractivity contribution in [2.24, 2.45) is 0 Å². The van der Waals surface area contributed by atoms with Crippen LogP contribution < -0.4 is 10.6 Å². The van der Waals surface area contributed by atoms with Crippen molar-refractivity contribution >= 4 is 6.03 Å². The monoisotopic (exact) mass is 237 g/mol. The molecule has 3 rings (SSSR count). The van der Waals surface area contributed by atoms with Crippen molar-refractivity contribution in [3.05, 3.63) is 0 Å². The third kappa shape index (κ3) is 2.28. The minimum absolute atomic E-state index is 0.121.